The van der Waals surface area contributed by atoms with Gasteiger partial charge in [0.15, 0.2) is 5.65 Å². The molecule has 0 aliphatic rings. The summed E-state index contributed by atoms with van der Waals surface area (Å²) in [5.41, 5.74) is -2.43. The summed E-state index contributed by atoms with van der Waals surface area (Å²) in [5, 5.41) is 2.16. The lowest BCUT2D eigenvalue weighted by atomic mass is 10.1. The molecule has 0 fully saturated rings. The van der Waals surface area contributed by atoms with E-state index in [1.165, 1.54) is 25.4 Å². The summed E-state index contributed by atoms with van der Waals surface area (Å²) < 4.78 is 46.9. The van der Waals surface area contributed by atoms with Crippen LogP contribution in [0.2, 0.25) is 0 Å². The van der Waals surface area contributed by atoms with Gasteiger partial charge < -0.3 is 10.1 Å². The van der Waals surface area contributed by atoms with Crippen molar-refractivity contribution in [1.29, 1.82) is 0 Å². The van der Waals surface area contributed by atoms with Crippen LogP contribution in [-0.4, -0.2) is 26.6 Å². The number of amides is 1. The second-order valence-electron chi connectivity index (χ2n) is 6.92. The molecule has 3 aromatic rings. The lowest BCUT2D eigenvalue weighted by Crippen LogP contribution is -2.42. The van der Waals surface area contributed by atoms with E-state index in [9.17, 15) is 27.6 Å². The van der Waals surface area contributed by atoms with Gasteiger partial charge in [-0.25, -0.2) is 14.3 Å². The first kappa shape index (κ1) is 23.0. The zero-order valence-electron chi connectivity index (χ0n) is 17.6. The number of hydrogen-bond donors (Lipinski definition) is 1. The minimum Gasteiger partial charge on any atom is -0.493 e. The highest BCUT2D eigenvalue weighted by molar-refractivity contribution is 5.91. The number of aryl methyl sites for hydroxylation is 2. The Balaban J connectivity index is 2.09. The average molecular weight is 450 g/mol. The van der Waals surface area contributed by atoms with Gasteiger partial charge in [0, 0.05) is 18.8 Å². The summed E-state index contributed by atoms with van der Waals surface area (Å²) in [5.74, 6) is -0.699. The zero-order chi connectivity index (χ0) is 23.6. The molecule has 0 saturated heterocycles. The van der Waals surface area contributed by atoms with E-state index in [-0.39, 0.29) is 23.4 Å². The predicted octanol–water partition coefficient (Wildman–Crippen LogP) is 2.71. The maximum atomic E-state index is 13.2. The monoisotopic (exact) mass is 450 g/mol. The van der Waals surface area contributed by atoms with Gasteiger partial charge in [-0.15, -0.1) is 0 Å². The number of hydrogen-bond acceptors (Lipinski definition) is 5. The highest BCUT2D eigenvalue weighted by atomic mass is 19.4. The van der Waals surface area contributed by atoms with Crippen molar-refractivity contribution in [2.45, 2.75) is 33.0 Å². The molecule has 3 rings (SSSR count). The van der Waals surface area contributed by atoms with Crippen molar-refractivity contribution in [2.75, 3.05) is 11.9 Å². The Morgan fingerprint density at radius 3 is 2.50 bits per heavy atom. The first-order chi connectivity index (χ1) is 15.1. The van der Waals surface area contributed by atoms with E-state index in [0.29, 0.717) is 16.6 Å². The standard InChI is InChI=1S/C21H21F3N4O4/c1-4-12-10-25-18-16(17(12)32-5-2)19(30)28(20(31)27(18)3)11-15(29)26-14-9-7-6-8-13(14)21(22,23)24/h6-10H,4-5,11H2,1-3H3,(H,26,29). The number of anilines is 1. The van der Waals surface area contributed by atoms with Gasteiger partial charge in [0.1, 0.15) is 17.7 Å². The minimum atomic E-state index is -4.69. The number of halogens is 3. The fourth-order valence-electron chi connectivity index (χ4n) is 3.34. The molecule has 11 heteroatoms. The first-order valence-corrected chi connectivity index (χ1v) is 9.80. The molecule has 0 spiro atoms. The Hall–Kier alpha value is -3.63. The van der Waals surface area contributed by atoms with Crippen molar-refractivity contribution in [1.82, 2.24) is 14.1 Å². The molecule has 8 nitrogen and oxygen atoms in total. The molecule has 0 aliphatic heterocycles. The van der Waals surface area contributed by atoms with Gasteiger partial charge in [0.2, 0.25) is 5.91 Å². The van der Waals surface area contributed by atoms with Crippen LogP contribution in [0, 0.1) is 0 Å². The normalized spacial score (nSPS) is 11.6. The van der Waals surface area contributed by atoms with E-state index < -0.39 is 41.1 Å². The third kappa shape index (κ3) is 4.23. The Morgan fingerprint density at radius 2 is 1.88 bits per heavy atom. The quantitative estimate of drug-likeness (QED) is 0.623. The highest BCUT2D eigenvalue weighted by Gasteiger charge is 2.33. The molecular formula is C21H21F3N4O4. The average Bonchev–Trinajstić information content (AvgIpc) is 2.74. The number of ether oxygens (including phenoxy) is 1. The maximum Gasteiger partial charge on any atom is 0.418 e. The fourth-order valence-corrected chi connectivity index (χ4v) is 3.34. The van der Waals surface area contributed by atoms with Crippen LogP contribution >= 0.6 is 0 Å². The molecule has 0 bridgehead atoms. The van der Waals surface area contributed by atoms with Crippen LogP contribution in [0.5, 0.6) is 5.75 Å². The molecule has 32 heavy (non-hydrogen) atoms. The van der Waals surface area contributed by atoms with Gasteiger partial charge in [-0.2, -0.15) is 13.2 Å². The summed E-state index contributed by atoms with van der Waals surface area (Å²) >= 11 is 0. The Labute approximate surface area is 180 Å². The number of fused-ring (bicyclic) bond motifs is 1. The molecule has 1 amide bonds. The highest BCUT2D eigenvalue weighted by Crippen LogP contribution is 2.34. The van der Waals surface area contributed by atoms with E-state index in [4.69, 9.17) is 4.74 Å². The number of nitrogens with zero attached hydrogens (tertiary/aromatic N) is 3. The molecule has 170 valence electrons. The molecule has 0 aliphatic carbocycles. The van der Waals surface area contributed by atoms with Crippen LogP contribution in [0.1, 0.15) is 25.0 Å². The van der Waals surface area contributed by atoms with Crippen LogP contribution < -0.4 is 21.3 Å². The van der Waals surface area contributed by atoms with Crippen molar-refractivity contribution < 1.29 is 22.7 Å². The number of nitrogens with one attached hydrogen (secondary N) is 1. The Kier molecular flexibility index (Phi) is 6.37. The van der Waals surface area contributed by atoms with E-state index in [0.717, 1.165) is 16.7 Å². The van der Waals surface area contributed by atoms with E-state index >= 15 is 0 Å². The Bertz CT molecular complexity index is 1300. The molecular weight excluding hydrogens is 429 g/mol. The van der Waals surface area contributed by atoms with Crippen molar-refractivity contribution in [2.24, 2.45) is 7.05 Å². The topological polar surface area (TPSA) is 95.2 Å². The number of alkyl halides is 3. The molecule has 0 atom stereocenters. The van der Waals surface area contributed by atoms with E-state index in [1.54, 1.807) is 6.92 Å². The summed E-state index contributed by atoms with van der Waals surface area (Å²) in [6.45, 7) is 3.05. The van der Waals surface area contributed by atoms with Gasteiger partial charge in [-0.1, -0.05) is 19.1 Å². The third-order valence-corrected chi connectivity index (χ3v) is 4.86. The largest absolute Gasteiger partial charge is 0.493 e. The molecule has 1 aromatic carbocycles. The molecule has 0 unspecified atom stereocenters. The van der Waals surface area contributed by atoms with Crippen molar-refractivity contribution in [3.63, 3.8) is 0 Å². The smallest absolute Gasteiger partial charge is 0.418 e. The summed E-state index contributed by atoms with van der Waals surface area (Å²) in [6, 6.07) is 4.43. The lowest BCUT2D eigenvalue weighted by molar-refractivity contribution is -0.137. The fraction of sp³-hybridized carbons (Fsp3) is 0.333. The van der Waals surface area contributed by atoms with Crippen molar-refractivity contribution >= 4 is 22.6 Å². The van der Waals surface area contributed by atoms with Crippen LogP contribution in [0.3, 0.4) is 0 Å². The van der Waals surface area contributed by atoms with Crippen molar-refractivity contribution in [3.8, 4) is 5.75 Å². The number of carbonyl (C=O) groups excluding carboxylic acids is 1. The third-order valence-electron chi connectivity index (χ3n) is 4.86. The number of carbonyl (C=O) groups is 1. The van der Waals surface area contributed by atoms with E-state index in [2.05, 4.69) is 10.3 Å². The summed E-state index contributed by atoms with van der Waals surface area (Å²) in [6.07, 6.45) is -2.67. The van der Waals surface area contributed by atoms with Gasteiger partial charge in [-0.3, -0.25) is 14.2 Å². The second-order valence-corrected chi connectivity index (χ2v) is 6.92. The van der Waals surface area contributed by atoms with Crippen LogP contribution in [0.15, 0.2) is 40.1 Å². The van der Waals surface area contributed by atoms with Crippen LogP contribution in [0.25, 0.3) is 11.0 Å². The number of para-hydroxylation sites is 1. The molecule has 1 N–H and O–H groups in total. The number of aromatic nitrogens is 3. The first-order valence-electron chi connectivity index (χ1n) is 9.80. The summed E-state index contributed by atoms with van der Waals surface area (Å²) in [7, 11) is 1.38. The SMILES string of the molecule is CCOc1c(CC)cnc2c1c(=O)n(CC(=O)Nc1ccccc1C(F)(F)F)c(=O)n2C. The second kappa shape index (κ2) is 8.85. The predicted molar refractivity (Wildman–Crippen MR) is 112 cm³/mol. The maximum absolute atomic E-state index is 13.2. The number of pyridine rings is 1. The van der Waals surface area contributed by atoms with Gasteiger partial charge in [0.25, 0.3) is 5.56 Å². The zero-order valence-corrected chi connectivity index (χ0v) is 17.6. The van der Waals surface area contributed by atoms with E-state index in [1.807, 2.05) is 6.92 Å². The lowest BCUT2D eigenvalue weighted by Gasteiger charge is -2.16. The molecule has 2 heterocycles. The molecule has 0 saturated carbocycles. The van der Waals surface area contributed by atoms with Gasteiger partial charge >= 0.3 is 11.9 Å². The van der Waals surface area contributed by atoms with Crippen LogP contribution in [0.4, 0.5) is 18.9 Å². The molecule has 2 aromatic heterocycles. The van der Waals surface area contributed by atoms with Crippen LogP contribution in [-0.2, 0) is 31.0 Å². The van der Waals surface area contributed by atoms with Gasteiger partial charge in [0.05, 0.1) is 17.9 Å². The summed E-state index contributed by atoms with van der Waals surface area (Å²) in [4.78, 5) is 42.6. The minimum absolute atomic E-state index is 0.0248. The molecule has 0 radical (unpaired) electrons. The number of benzene rings is 1. The Morgan fingerprint density at radius 1 is 1.19 bits per heavy atom. The van der Waals surface area contributed by atoms with Crippen molar-refractivity contribution in [3.05, 3.63) is 62.4 Å². The van der Waals surface area contributed by atoms with Gasteiger partial charge in [-0.05, 0) is 25.5 Å². The number of rotatable bonds is 6.